The van der Waals surface area contributed by atoms with Crippen molar-refractivity contribution in [1.82, 2.24) is 10.2 Å². The summed E-state index contributed by atoms with van der Waals surface area (Å²) in [7, 11) is -2.18. The first kappa shape index (κ1) is 32.4. The molecule has 0 spiro atoms. The number of anilines is 1. The van der Waals surface area contributed by atoms with Gasteiger partial charge in [0.25, 0.3) is 0 Å². The molecule has 0 saturated carbocycles. The highest BCUT2D eigenvalue weighted by molar-refractivity contribution is 9.10. The summed E-state index contributed by atoms with van der Waals surface area (Å²) in [6.45, 7) is 2.55. The van der Waals surface area contributed by atoms with Gasteiger partial charge in [-0.25, -0.2) is 8.42 Å². The number of amides is 2. The van der Waals surface area contributed by atoms with Crippen LogP contribution in [0.4, 0.5) is 5.69 Å². The molecule has 8 nitrogen and oxygen atoms in total. The van der Waals surface area contributed by atoms with Crippen LogP contribution in [0.2, 0.25) is 5.02 Å². The zero-order valence-corrected chi connectivity index (χ0v) is 26.5. The minimum Gasteiger partial charge on any atom is -0.495 e. The lowest BCUT2D eigenvalue weighted by atomic mass is 10.0. The van der Waals surface area contributed by atoms with Gasteiger partial charge in [-0.05, 0) is 54.8 Å². The molecule has 0 fully saturated rings. The van der Waals surface area contributed by atoms with Crippen LogP contribution in [0.3, 0.4) is 0 Å². The molecule has 220 valence electrons. The van der Waals surface area contributed by atoms with E-state index in [1.54, 1.807) is 17.0 Å². The minimum atomic E-state index is -3.66. The second-order valence-electron chi connectivity index (χ2n) is 9.51. The van der Waals surface area contributed by atoms with E-state index in [-0.39, 0.29) is 42.8 Å². The van der Waals surface area contributed by atoms with Crippen molar-refractivity contribution in [3.05, 3.63) is 93.4 Å². The van der Waals surface area contributed by atoms with E-state index in [9.17, 15) is 18.0 Å². The second-order valence-corrected chi connectivity index (χ2v) is 12.7. The van der Waals surface area contributed by atoms with Gasteiger partial charge in [0.2, 0.25) is 21.8 Å². The number of likely N-dealkylation sites (N-methyl/N-ethyl adjacent to an activating group) is 1. The fourth-order valence-corrected chi connectivity index (χ4v) is 5.92. The Morgan fingerprint density at radius 1 is 1.02 bits per heavy atom. The third-order valence-corrected chi connectivity index (χ3v) is 8.48. The molecule has 11 heteroatoms. The average molecular weight is 665 g/mol. The Kier molecular flexibility index (Phi) is 12.1. The van der Waals surface area contributed by atoms with Gasteiger partial charge < -0.3 is 15.0 Å². The predicted octanol–water partition coefficient (Wildman–Crippen LogP) is 5.43. The molecule has 0 radical (unpaired) electrons. The van der Waals surface area contributed by atoms with Crippen LogP contribution >= 0.6 is 27.5 Å². The summed E-state index contributed by atoms with van der Waals surface area (Å²) in [6, 6.07) is 21.1. The third-order valence-electron chi connectivity index (χ3n) is 6.46. The van der Waals surface area contributed by atoms with Gasteiger partial charge in [-0.3, -0.25) is 13.9 Å². The molecule has 1 N–H and O–H groups in total. The third kappa shape index (κ3) is 9.48. The molecule has 2 amide bonds. The quantitative estimate of drug-likeness (QED) is 0.248. The highest BCUT2D eigenvalue weighted by Crippen LogP contribution is 2.30. The van der Waals surface area contributed by atoms with Crippen LogP contribution in [0.25, 0.3) is 0 Å². The summed E-state index contributed by atoms with van der Waals surface area (Å²) in [4.78, 5) is 28.7. The van der Waals surface area contributed by atoms with E-state index in [0.717, 1.165) is 21.9 Å². The number of rotatable bonds is 14. The molecule has 0 heterocycles. The Bertz CT molecular complexity index is 1420. The molecule has 0 aliphatic rings. The standard InChI is InChI=1S/C30H35BrClN3O5S/c1-4-33-30(37)27(19-22-9-6-5-7-10-22)34(21-23-12-14-24(31)15-13-23)29(36)11-8-18-35(41(3,38)39)25-16-17-28(40-2)26(32)20-25/h5-7,9-10,12-17,20,27H,4,8,11,18-19,21H2,1-3H3,(H,33,37)/t27-/m0/s1. The average Bonchev–Trinajstić information content (AvgIpc) is 2.94. The number of ether oxygens (including phenoxy) is 1. The Balaban J connectivity index is 1.86. The number of methoxy groups -OCH3 is 1. The highest BCUT2D eigenvalue weighted by atomic mass is 79.9. The number of hydrogen-bond acceptors (Lipinski definition) is 5. The van der Waals surface area contributed by atoms with Crippen molar-refractivity contribution in [2.45, 2.75) is 38.8 Å². The molecule has 0 bridgehead atoms. The van der Waals surface area contributed by atoms with Gasteiger partial charge in [0.1, 0.15) is 11.8 Å². The summed E-state index contributed by atoms with van der Waals surface area (Å²) in [5, 5.41) is 3.15. The summed E-state index contributed by atoms with van der Waals surface area (Å²) >= 11 is 9.68. The largest absolute Gasteiger partial charge is 0.495 e. The number of nitrogens with zero attached hydrogens (tertiary/aromatic N) is 2. The molecular weight excluding hydrogens is 630 g/mol. The second kappa shape index (κ2) is 15.2. The number of halogens is 2. The van der Waals surface area contributed by atoms with Crippen LogP contribution in [0.1, 0.15) is 30.9 Å². The van der Waals surface area contributed by atoms with Gasteiger partial charge in [-0.1, -0.05) is 70.0 Å². The normalized spacial score (nSPS) is 11.9. The van der Waals surface area contributed by atoms with Crippen molar-refractivity contribution in [3.8, 4) is 5.75 Å². The van der Waals surface area contributed by atoms with Crippen molar-refractivity contribution in [2.24, 2.45) is 0 Å². The lowest BCUT2D eigenvalue weighted by Gasteiger charge is -2.32. The summed E-state index contributed by atoms with van der Waals surface area (Å²) in [5.74, 6) is -0.0637. The van der Waals surface area contributed by atoms with E-state index in [1.165, 1.54) is 17.5 Å². The molecule has 3 aromatic carbocycles. The molecule has 0 aromatic heterocycles. The Hall–Kier alpha value is -3.08. The fourth-order valence-electron chi connectivity index (χ4n) is 4.45. The summed E-state index contributed by atoms with van der Waals surface area (Å²) in [6.07, 6.45) is 1.73. The van der Waals surface area contributed by atoms with Gasteiger partial charge in [0, 0.05) is 36.9 Å². The monoisotopic (exact) mass is 663 g/mol. The molecule has 3 rings (SSSR count). The smallest absolute Gasteiger partial charge is 0.243 e. The van der Waals surface area contributed by atoms with Gasteiger partial charge in [0.05, 0.1) is 24.1 Å². The zero-order valence-electron chi connectivity index (χ0n) is 23.3. The number of hydrogen-bond donors (Lipinski definition) is 1. The highest BCUT2D eigenvalue weighted by Gasteiger charge is 2.30. The van der Waals surface area contributed by atoms with Gasteiger partial charge in [0.15, 0.2) is 0 Å². The van der Waals surface area contributed by atoms with E-state index in [4.69, 9.17) is 16.3 Å². The maximum absolute atomic E-state index is 13.8. The van der Waals surface area contributed by atoms with E-state index in [2.05, 4.69) is 21.2 Å². The predicted molar refractivity (Wildman–Crippen MR) is 167 cm³/mol. The molecule has 0 unspecified atom stereocenters. The summed E-state index contributed by atoms with van der Waals surface area (Å²) in [5.41, 5.74) is 2.17. The molecule has 41 heavy (non-hydrogen) atoms. The van der Waals surface area contributed by atoms with E-state index < -0.39 is 16.1 Å². The topological polar surface area (TPSA) is 96.0 Å². The van der Waals surface area contributed by atoms with Gasteiger partial charge >= 0.3 is 0 Å². The molecule has 1 atom stereocenters. The van der Waals surface area contributed by atoms with Crippen LogP contribution in [0.5, 0.6) is 5.75 Å². The molecule has 0 aliphatic heterocycles. The van der Waals surface area contributed by atoms with Gasteiger partial charge in [-0.2, -0.15) is 0 Å². The van der Waals surface area contributed by atoms with Crippen molar-refractivity contribution in [2.75, 3.05) is 30.8 Å². The fraction of sp³-hybridized carbons (Fsp3) is 0.333. The van der Waals surface area contributed by atoms with Crippen LogP contribution in [-0.2, 0) is 32.6 Å². The van der Waals surface area contributed by atoms with Crippen LogP contribution in [-0.4, -0.2) is 57.6 Å². The molecule has 0 aliphatic carbocycles. The number of benzene rings is 3. The maximum Gasteiger partial charge on any atom is 0.243 e. The van der Waals surface area contributed by atoms with Gasteiger partial charge in [-0.15, -0.1) is 0 Å². The molecule has 0 saturated heterocycles. The maximum atomic E-state index is 13.8. The molecule has 3 aromatic rings. The number of sulfonamides is 1. The number of carbonyl (C=O) groups is 2. The van der Waals surface area contributed by atoms with Crippen LogP contribution in [0, 0.1) is 0 Å². The van der Waals surface area contributed by atoms with Crippen molar-refractivity contribution >= 4 is 55.1 Å². The Morgan fingerprint density at radius 3 is 2.29 bits per heavy atom. The van der Waals surface area contributed by atoms with E-state index in [0.29, 0.717) is 24.4 Å². The Labute approximate surface area is 255 Å². The lowest BCUT2D eigenvalue weighted by Crippen LogP contribution is -2.50. The van der Waals surface area contributed by atoms with Crippen molar-refractivity contribution in [1.29, 1.82) is 0 Å². The summed E-state index contributed by atoms with van der Waals surface area (Å²) < 4.78 is 32.6. The first-order valence-electron chi connectivity index (χ1n) is 13.2. The van der Waals surface area contributed by atoms with E-state index >= 15 is 0 Å². The van der Waals surface area contributed by atoms with E-state index in [1.807, 2.05) is 61.5 Å². The first-order chi connectivity index (χ1) is 19.5. The van der Waals surface area contributed by atoms with Crippen molar-refractivity contribution < 1.29 is 22.7 Å². The molecular formula is C30H35BrClN3O5S. The lowest BCUT2D eigenvalue weighted by molar-refractivity contribution is -0.141. The Morgan fingerprint density at radius 2 is 1.71 bits per heavy atom. The SMILES string of the molecule is CCNC(=O)[C@H](Cc1ccccc1)N(Cc1ccc(Br)cc1)C(=O)CCCN(c1ccc(OC)c(Cl)c1)S(C)(=O)=O. The van der Waals surface area contributed by atoms with Crippen LogP contribution < -0.4 is 14.4 Å². The van der Waals surface area contributed by atoms with Crippen molar-refractivity contribution in [3.63, 3.8) is 0 Å². The van der Waals surface area contributed by atoms with Crippen LogP contribution in [0.15, 0.2) is 77.3 Å². The number of nitrogens with one attached hydrogen (secondary N) is 1. The zero-order chi connectivity index (χ0) is 30.0. The minimum absolute atomic E-state index is 0.0388. The number of carbonyl (C=O) groups excluding carboxylic acids is 2. The first-order valence-corrected chi connectivity index (χ1v) is 16.2.